The molecule has 0 radical (unpaired) electrons. The van der Waals surface area contributed by atoms with Crippen molar-refractivity contribution >= 4 is 29.0 Å². The molecule has 3 rings (SSSR count). The SMILES string of the molecule is C(=Cc1ccccc1)CSc1ncnc2nc[nH]c12. The molecular formula is C14H12N4S. The molecular weight excluding hydrogens is 256 g/mol. The van der Waals surface area contributed by atoms with Gasteiger partial charge in [-0.1, -0.05) is 54.2 Å². The summed E-state index contributed by atoms with van der Waals surface area (Å²) in [6.07, 6.45) is 7.43. The van der Waals surface area contributed by atoms with Crippen LogP contribution in [-0.2, 0) is 0 Å². The van der Waals surface area contributed by atoms with Gasteiger partial charge in [-0.15, -0.1) is 0 Å². The highest BCUT2D eigenvalue weighted by molar-refractivity contribution is 7.99. The molecule has 0 amide bonds. The van der Waals surface area contributed by atoms with Crippen LogP contribution in [0.15, 0.2) is 54.1 Å². The third-order valence-electron chi connectivity index (χ3n) is 2.61. The third kappa shape index (κ3) is 2.82. The summed E-state index contributed by atoms with van der Waals surface area (Å²) in [5, 5.41) is 0.931. The number of hydrogen-bond acceptors (Lipinski definition) is 4. The topological polar surface area (TPSA) is 54.5 Å². The van der Waals surface area contributed by atoms with Crippen molar-refractivity contribution in [2.45, 2.75) is 5.03 Å². The van der Waals surface area contributed by atoms with E-state index in [0.717, 1.165) is 16.3 Å². The number of benzene rings is 1. The van der Waals surface area contributed by atoms with Crippen molar-refractivity contribution in [2.24, 2.45) is 0 Å². The molecule has 0 fully saturated rings. The largest absolute Gasteiger partial charge is 0.341 e. The second-order valence-corrected chi connectivity index (χ2v) is 4.91. The van der Waals surface area contributed by atoms with Gasteiger partial charge in [0.25, 0.3) is 0 Å². The predicted octanol–water partition coefficient (Wildman–Crippen LogP) is 3.16. The van der Waals surface area contributed by atoms with E-state index >= 15 is 0 Å². The van der Waals surface area contributed by atoms with E-state index in [9.17, 15) is 0 Å². The van der Waals surface area contributed by atoms with E-state index in [2.05, 4.69) is 44.2 Å². The Bertz CT molecular complexity index is 691. The van der Waals surface area contributed by atoms with Crippen LogP contribution in [0.25, 0.3) is 17.2 Å². The number of nitrogens with zero attached hydrogens (tertiary/aromatic N) is 3. The highest BCUT2D eigenvalue weighted by Crippen LogP contribution is 2.21. The number of H-pyrrole nitrogens is 1. The number of imidazole rings is 1. The number of hydrogen-bond donors (Lipinski definition) is 1. The van der Waals surface area contributed by atoms with Gasteiger partial charge in [0.05, 0.1) is 6.33 Å². The van der Waals surface area contributed by atoms with E-state index in [-0.39, 0.29) is 0 Å². The first-order valence-electron chi connectivity index (χ1n) is 5.92. The lowest BCUT2D eigenvalue weighted by Crippen LogP contribution is -1.86. The zero-order valence-corrected chi connectivity index (χ0v) is 11.0. The van der Waals surface area contributed by atoms with Gasteiger partial charge in [-0.2, -0.15) is 0 Å². The first-order valence-corrected chi connectivity index (χ1v) is 6.90. The Kier molecular flexibility index (Phi) is 3.56. The molecule has 19 heavy (non-hydrogen) atoms. The molecule has 2 aromatic heterocycles. The molecule has 0 unspecified atom stereocenters. The minimum atomic E-state index is 0.713. The molecule has 4 nitrogen and oxygen atoms in total. The molecule has 0 saturated carbocycles. The maximum absolute atomic E-state index is 4.27. The van der Waals surface area contributed by atoms with Crippen LogP contribution < -0.4 is 0 Å². The normalized spacial score (nSPS) is 11.4. The Hall–Kier alpha value is -2.14. The Morgan fingerprint density at radius 3 is 2.89 bits per heavy atom. The fraction of sp³-hybridized carbons (Fsp3) is 0.0714. The molecule has 0 saturated heterocycles. The molecule has 1 N–H and O–H groups in total. The number of rotatable bonds is 4. The van der Waals surface area contributed by atoms with E-state index < -0.39 is 0 Å². The average molecular weight is 268 g/mol. The Morgan fingerprint density at radius 1 is 1.11 bits per heavy atom. The van der Waals surface area contributed by atoms with Gasteiger partial charge in [-0.3, -0.25) is 0 Å². The second kappa shape index (κ2) is 5.67. The summed E-state index contributed by atoms with van der Waals surface area (Å²) >= 11 is 1.66. The third-order valence-corrected chi connectivity index (χ3v) is 3.56. The van der Waals surface area contributed by atoms with E-state index in [1.165, 1.54) is 5.56 Å². The molecule has 0 aliphatic carbocycles. The molecule has 2 heterocycles. The highest BCUT2D eigenvalue weighted by Gasteiger charge is 2.04. The first-order chi connectivity index (χ1) is 9.43. The van der Waals surface area contributed by atoms with Crippen LogP contribution in [0.1, 0.15) is 5.56 Å². The monoisotopic (exact) mass is 268 g/mol. The smallest absolute Gasteiger partial charge is 0.181 e. The van der Waals surface area contributed by atoms with Gasteiger partial charge < -0.3 is 4.98 Å². The van der Waals surface area contributed by atoms with Gasteiger partial charge in [-0.05, 0) is 5.56 Å². The molecule has 3 aromatic rings. The lowest BCUT2D eigenvalue weighted by atomic mass is 10.2. The van der Waals surface area contributed by atoms with E-state index in [1.807, 2.05) is 18.2 Å². The Morgan fingerprint density at radius 2 is 2.00 bits per heavy atom. The predicted molar refractivity (Wildman–Crippen MR) is 77.9 cm³/mol. The maximum Gasteiger partial charge on any atom is 0.181 e. The summed E-state index contributed by atoms with van der Waals surface area (Å²) in [6, 6.07) is 10.2. The molecule has 0 bridgehead atoms. The van der Waals surface area contributed by atoms with Gasteiger partial charge in [0, 0.05) is 5.75 Å². The molecule has 0 spiro atoms. The van der Waals surface area contributed by atoms with Gasteiger partial charge >= 0.3 is 0 Å². The van der Waals surface area contributed by atoms with E-state index in [1.54, 1.807) is 24.4 Å². The second-order valence-electron chi connectivity index (χ2n) is 3.90. The number of nitrogens with one attached hydrogen (secondary N) is 1. The lowest BCUT2D eigenvalue weighted by Gasteiger charge is -1.98. The van der Waals surface area contributed by atoms with Crippen molar-refractivity contribution < 1.29 is 0 Å². The van der Waals surface area contributed by atoms with Crippen LogP contribution in [0.2, 0.25) is 0 Å². The van der Waals surface area contributed by atoms with Crippen molar-refractivity contribution in [1.29, 1.82) is 0 Å². The number of aromatic nitrogens is 4. The van der Waals surface area contributed by atoms with Crippen LogP contribution in [0.5, 0.6) is 0 Å². The van der Waals surface area contributed by atoms with Crippen LogP contribution in [0.3, 0.4) is 0 Å². The number of thioether (sulfide) groups is 1. The quantitative estimate of drug-likeness (QED) is 0.583. The lowest BCUT2D eigenvalue weighted by molar-refractivity contribution is 1.09. The Labute approximate surface area is 115 Å². The maximum atomic E-state index is 4.27. The summed E-state index contributed by atoms with van der Waals surface area (Å²) in [6.45, 7) is 0. The zero-order valence-electron chi connectivity index (χ0n) is 10.2. The van der Waals surface area contributed by atoms with Gasteiger partial charge in [0.15, 0.2) is 5.65 Å². The standard InChI is InChI=1S/C14H12N4S/c1-2-5-11(6-3-1)7-4-8-19-14-12-13(16-9-15-12)17-10-18-14/h1-7,9-10H,8H2,(H,15,16,17,18). The first kappa shape index (κ1) is 11.9. The van der Waals surface area contributed by atoms with Gasteiger partial charge in [0.1, 0.15) is 16.9 Å². The molecule has 1 aromatic carbocycles. The average Bonchev–Trinajstić information content (AvgIpc) is 2.94. The Balaban J connectivity index is 1.67. The fourth-order valence-electron chi connectivity index (χ4n) is 1.73. The molecule has 0 aliphatic heterocycles. The summed E-state index contributed by atoms with van der Waals surface area (Å²) in [5.74, 6) is 0.861. The molecule has 94 valence electrons. The van der Waals surface area contributed by atoms with Crippen molar-refractivity contribution in [3.05, 3.63) is 54.6 Å². The molecule has 5 heteroatoms. The van der Waals surface area contributed by atoms with Gasteiger partial charge in [-0.25, -0.2) is 15.0 Å². The van der Waals surface area contributed by atoms with Crippen LogP contribution in [0.4, 0.5) is 0 Å². The summed E-state index contributed by atoms with van der Waals surface area (Å²) in [7, 11) is 0. The minimum absolute atomic E-state index is 0.713. The highest BCUT2D eigenvalue weighted by atomic mass is 32.2. The zero-order chi connectivity index (χ0) is 12.9. The minimum Gasteiger partial charge on any atom is -0.341 e. The summed E-state index contributed by atoms with van der Waals surface area (Å²) in [4.78, 5) is 15.5. The summed E-state index contributed by atoms with van der Waals surface area (Å²) in [5.41, 5.74) is 2.82. The van der Waals surface area contributed by atoms with Crippen LogP contribution in [-0.4, -0.2) is 25.7 Å². The fourth-order valence-corrected chi connectivity index (χ4v) is 2.49. The van der Waals surface area contributed by atoms with Crippen LogP contribution in [0, 0.1) is 0 Å². The van der Waals surface area contributed by atoms with Crippen molar-refractivity contribution in [3.63, 3.8) is 0 Å². The van der Waals surface area contributed by atoms with Crippen molar-refractivity contribution in [3.8, 4) is 0 Å². The number of aromatic amines is 1. The van der Waals surface area contributed by atoms with E-state index in [0.29, 0.717) is 5.65 Å². The van der Waals surface area contributed by atoms with Gasteiger partial charge in [0.2, 0.25) is 0 Å². The van der Waals surface area contributed by atoms with E-state index in [4.69, 9.17) is 0 Å². The van der Waals surface area contributed by atoms with Crippen molar-refractivity contribution in [1.82, 2.24) is 19.9 Å². The number of fused-ring (bicyclic) bond motifs is 1. The van der Waals surface area contributed by atoms with Crippen LogP contribution >= 0.6 is 11.8 Å². The van der Waals surface area contributed by atoms with Crippen molar-refractivity contribution in [2.75, 3.05) is 5.75 Å². The summed E-state index contributed by atoms with van der Waals surface area (Å²) < 4.78 is 0. The molecule has 0 aliphatic rings. The molecule has 0 atom stereocenters.